The molecule has 1 rings (SSSR count). The van der Waals surface area contributed by atoms with E-state index < -0.39 is 0 Å². The smallest absolute Gasteiger partial charge is 0.106 e. The van der Waals surface area contributed by atoms with E-state index in [-0.39, 0.29) is 10.9 Å². The van der Waals surface area contributed by atoms with Gasteiger partial charge in [0.15, 0.2) is 0 Å². The third-order valence-electron chi connectivity index (χ3n) is 1.56. The summed E-state index contributed by atoms with van der Waals surface area (Å²) in [5, 5.41) is 11.7. The number of nitriles is 1. The normalized spacial score (nSPS) is 39.0. The van der Waals surface area contributed by atoms with Gasteiger partial charge < -0.3 is 0 Å². The lowest BCUT2D eigenvalue weighted by Crippen LogP contribution is -2.36. The average molecular weight is 154 g/mol. The van der Waals surface area contributed by atoms with Crippen LogP contribution < -0.4 is 5.32 Å². The van der Waals surface area contributed by atoms with Crippen LogP contribution in [0.3, 0.4) is 0 Å². The van der Waals surface area contributed by atoms with Crippen LogP contribution in [0.1, 0.15) is 6.92 Å². The summed E-state index contributed by atoms with van der Waals surface area (Å²) in [6, 6.07) is 2.17. The van der Waals surface area contributed by atoms with Crippen molar-refractivity contribution in [1.29, 1.82) is 5.26 Å². The minimum Gasteiger partial charge on any atom is -0.284 e. The van der Waals surface area contributed by atoms with Crippen LogP contribution in [0.25, 0.3) is 0 Å². The van der Waals surface area contributed by atoms with Crippen LogP contribution in [-0.2, 0) is 0 Å². The fourth-order valence-electron chi connectivity index (χ4n) is 0.873. The first-order valence-corrected chi connectivity index (χ1v) is 4.13. The number of nitrogens with one attached hydrogen (secondary N) is 1. The summed E-state index contributed by atoms with van der Waals surface area (Å²) in [4.78, 5) is -0.0829. The van der Waals surface area contributed by atoms with E-state index in [1.165, 1.54) is 0 Å². The molecule has 10 heavy (non-hydrogen) atoms. The summed E-state index contributed by atoms with van der Waals surface area (Å²) in [6.45, 7) is 5.72. The minimum atomic E-state index is -0.0829. The summed E-state index contributed by atoms with van der Waals surface area (Å²) in [7, 11) is 0. The highest BCUT2D eigenvalue weighted by atomic mass is 32.2. The number of thioether (sulfide) groups is 1. The molecule has 0 spiro atoms. The minimum absolute atomic E-state index is 0.00648. The topological polar surface area (TPSA) is 35.8 Å². The highest BCUT2D eigenvalue weighted by molar-refractivity contribution is 8.01. The van der Waals surface area contributed by atoms with Gasteiger partial charge in [-0.1, -0.05) is 6.08 Å². The molecule has 0 aromatic heterocycles. The molecule has 3 heteroatoms. The zero-order chi connectivity index (χ0) is 7.61. The Hall–Kier alpha value is -0.460. The molecule has 1 heterocycles. The maximum Gasteiger partial charge on any atom is 0.106 e. The van der Waals surface area contributed by atoms with Crippen molar-refractivity contribution in [3.63, 3.8) is 0 Å². The molecule has 1 aliphatic heterocycles. The van der Waals surface area contributed by atoms with Crippen molar-refractivity contribution < 1.29 is 0 Å². The van der Waals surface area contributed by atoms with Crippen molar-refractivity contribution in [3.8, 4) is 6.07 Å². The summed E-state index contributed by atoms with van der Waals surface area (Å²) in [6.07, 6.45) is 1.84. The summed E-state index contributed by atoms with van der Waals surface area (Å²) < 4.78 is 0. The molecule has 2 unspecified atom stereocenters. The number of hydrogen-bond donors (Lipinski definition) is 1. The zero-order valence-corrected chi connectivity index (χ0v) is 6.74. The number of rotatable bonds is 1. The second-order valence-electron chi connectivity index (χ2n) is 2.45. The van der Waals surface area contributed by atoms with Gasteiger partial charge in [0.1, 0.15) is 6.04 Å². The van der Waals surface area contributed by atoms with Crippen molar-refractivity contribution in [2.24, 2.45) is 0 Å². The van der Waals surface area contributed by atoms with Gasteiger partial charge in [-0.15, -0.1) is 18.3 Å². The maximum absolute atomic E-state index is 8.53. The molecule has 0 saturated carbocycles. The van der Waals surface area contributed by atoms with Crippen LogP contribution in [0.2, 0.25) is 0 Å². The van der Waals surface area contributed by atoms with Crippen LogP contribution in [-0.4, -0.2) is 16.7 Å². The maximum atomic E-state index is 8.53. The van der Waals surface area contributed by atoms with E-state index in [1.54, 1.807) is 11.8 Å². The Labute approximate surface area is 65.3 Å². The van der Waals surface area contributed by atoms with Crippen molar-refractivity contribution in [2.75, 3.05) is 5.75 Å². The van der Waals surface area contributed by atoms with Crippen molar-refractivity contribution in [3.05, 3.63) is 12.7 Å². The fraction of sp³-hybridized carbons (Fsp3) is 0.571. The van der Waals surface area contributed by atoms with E-state index >= 15 is 0 Å². The molecule has 1 aliphatic rings. The first-order chi connectivity index (χ1) is 4.70. The number of nitrogens with zero attached hydrogens (tertiary/aromatic N) is 1. The van der Waals surface area contributed by atoms with Crippen LogP contribution >= 0.6 is 11.8 Å². The molecule has 0 aromatic rings. The Bertz CT molecular complexity index is 185. The van der Waals surface area contributed by atoms with Gasteiger partial charge in [0.25, 0.3) is 0 Å². The molecule has 1 saturated heterocycles. The lowest BCUT2D eigenvalue weighted by Gasteiger charge is -2.17. The van der Waals surface area contributed by atoms with Gasteiger partial charge >= 0.3 is 0 Å². The van der Waals surface area contributed by atoms with E-state index in [0.29, 0.717) is 0 Å². The summed E-state index contributed by atoms with van der Waals surface area (Å²) in [5.41, 5.74) is 0. The third-order valence-corrected chi connectivity index (χ3v) is 2.94. The van der Waals surface area contributed by atoms with Gasteiger partial charge in [-0.2, -0.15) is 5.26 Å². The second-order valence-corrected chi connectivity index (χ2v) is 3.92. The van der Waals surface area contributed by atoms with Crippen LogP contribution in [0.4, 0.5) is 0 Å². The molecule has 0 radical (unpaired) electrons. The van der Waals surface area contributed by atoms with Gasteiger partial charge in [-0.3, -0.25) is 5.32 Å². The Balaban J connectivity index is 2.59. The molecular formula is C7H10N2S. The van der Waals surface area contributed by atoms with E-state index in [0.717, 1.165) is 5.75 Å². The van der Waals surface area contributed by atoms with Crippen molar-refractivity contribution in [1.82, 2.24) is 5.32 Å². The van der Waals surface area contributed by atoms with Gasteiger partial charge in [0.2, 0.25) is 0 Å². The van der Waals surface area contributed by atoms with E-state index in [4.69, 9.17) is 5.26 Å². The highest BCUT2D eigenvalue weighted by Crippen LogP contribution is 2.30. The van der Waals surface area contributed by atoms with Gasteiger partial charge in [0.05, 0.1) is 10.9 Å². The van der Waals surface area contributed by atoms with Crippen LogP contribution in [0.15, 0.2) is 12.7 Å². The monoisotopic (exact) mass is 154 g/mol. The molecule has 0 bridgehead atoms. The molecule has 0 aromatic carbocycles. The molecule has 1 fully saturated rings. The van der Waals surface area contributed by atoms with Gasteiger partial charge in [-0.05, 0) is 6.92 Å². The number of hydrogen-bond acceptors (Lipinski definition) is 3. The Morgan fingerprint density at radius 2 is 2.70 bits per heavy atom. The molecule has 1 N–H and O–H groups in total. The fourth-order valence-corrected chi connectivity index (χ4v) is 1.89. The lowest BCUT2D eigenvalue weighted by molar-refractivity contribution is 0.593. The lowest BCUT2D eigenvalue weighted by atomic mass is 10.3. The van der Waals surface area contributed by atoms with Crippen LogP contribution in [0, 0.1) is 11.3 Å². The predicted molar refractivity (Wildman–Crippen MR) is 43.6 cm³/mol. The average Bonchev–Trinajstić information content (AvgIpc) is 2.33. The molecule has 2 atom stereocenters. The van der Waals surface area contributed by atoms with E-state index in [9.17, 15) is 0 Å². The molecule has 2 nitrogen and oxygen atoms in total. The Morgan fingerprint density at radius 3 is 3.00 bits per heavy atom. The van der Waals surface area contributed by atoms with E-state index in [1.807, 2.05) is 13.0 Å². The highest BCUT2D eigenvalue weighted by Gasteiger charge is 2.31. The Morgan fingerprint density at radius 1 is 2.00 bits per heavy atom. The van der Waals surface area contributed by atoms with Crippen molar-refractivity contribution >= 4 is 11.8 Å². The standard InChI is InChI=1S/C7H10N2S/c1-3-7(2)9-6(4-8)5-10-7/h3,6,9H,1,5H2,2H3. The van der Waals surface area contributed by atoms with Crippen LogP contribution in [0.5, 0.6) is 0 Å². The first-order valence-electron chi connectivity index (χ1n) is 3.15. The zero-order valence-electron chi connectivity index (χ0n) is 5.92. The summed E-state index contributed by atoms with van der Waals surface area (Å²) >= 11 is 1.73. The van der Waals surface area contributed by atoms with Gasteiger partial charge in [-0.25, -0.2) is 0 Å². The van der Waals surface area contributed by atoms with E-state index in [2.05, 4.69) is 18.0 Å². The largest absolute Gasteiger partial charge is 0.284 e. The first kappa shape index (κ1) is 7.64. The second kappa shape index (κ2) is 2.65. The third kappa shape index (κ3) is 1.34. The SMILES string of the molecule is C=CC1(C)NC(C#N)CS1. The molecular weight excluding hydrogens is 144 g/mol. The molecule has 0 amide bonds. The quantitative estimate of drug-likeness (QED) is 0.575. The van der Waals surface area contributed by atoms with Gasteiger partial charge in [0, 0.05) is 5.75 Å². The Kier molecular flexibility index (Phi) is 2.02. The van der Waals surface area contributed by atoms with Crippen molar-refractivity contribution in [2.45, 2.75) is 17.8 Å². The molecule has 0 aliphatic carbocycles. The predicted octanol–water partition coefficient (Wildman–Crippen LogP) is 1.12. The molecule has 54 valence electrons. The summed E-state index contributed by atoms with van der Waals surface area (Å²) in [5.74, 6) is 0.860.